The summed E-state index contributed by atoms with van der Waals surface area (Å²) in [5, 5.41) is 2.55. The van der Waals surface area contributed by atoms with Crippen molar-refractivity contribution in [1.82, 2.24) is 14.7 Å². The molecular weight excluding hydrogens is 318 g/mol. The monoisotopic (exact) mass is 337 g/mol. The van der Waals surface area contributed by atoms with Gasteiger partial charge in [0.15, 0.2) is 4.96 Å². The Balaban J connectivity index is 2.42. The van der Waals surface area contributed by atoms with Crippen molar-refractivity contribution in [3.8, 4) is 0 Å². The van der Waals surface area contributed by atoms with E-state index < -0.39 is 23.5 Å². The summed E-state index contributed by atoms with van der Waals surface area (Å²) >= 11 is 1.39. The third-order valence-corrected chi connectivity index (χ3v) is 4.74. The molecule has 0 spiro atoms. The molecule has 1 N–H and O–H groups in total. The van der Waals surface area contributed by atoms with E-state index in [1.165, 1.54) is 29.0 Å². The fourth-order valence-electron chi connectivity index (χ4n) is 2.18. The minimum absolute atomic E-state index is 0.0991. The SMILES string of the molecule is COC(=O)[C@@H](NC(=O)c1cnc2sc(C)c(C)n2c1=O)C(C)C. The quantitative estimate of drug-likeness (QED) is 0.850. The summed E-state index contributed by atoms with van der Waals surface area (Å²) in [6, 6.07) is -0.821. The highest BCUT2D eigenvalue weighted by Crippen LogP contribution is 2.18. The number of rotatable bonds is 4. The number of nitrogens with zero attached hydrogens (tertiary/aromatic N) is 2. The minimum Gasteiger partial charge on any atom is -0.467 e. The number of thiazole rings is 1. The molecule has 8 heteroatoms. The second kappa shape index (κ2) is 6.49. The third-order valence-electron chi connectivity index (χ3n) is 3.67. The molecule has 0 saturated carbocycles. The van der Waals surface area contributed by atoms with E-state index in [1.54, 1.807) is 20.8 Å². The molecule has 0 bridgehead atoms. The predicted octanol–water partition coefficient (Wildman–Crippen LogP) is 1.30. The minimum atomic E-state index is -0.821. The second-order valence-corrected chi connectivity index (χ2v) is 6.74. The zero-order valence-corrected chi connectivity index (χ0v) is 14.5. The second-order valence-electron chi connectivity index (χ2n) is 5.56. The molecule has 2 aromatic heterocycles. The summed E-state index contributed by atoms with van der Waals surface area (Å²) in [4.78, 5) is 42.3. The Labute approximate surface area is 137 Å². The molecule has 0 aromatic carbocycles. The average molecular weight is 337 g/mol. The number of amides is 1. The number of nitrogens with one attached hydrogen (secondary N) is 1. The number of carbonyl (C=O) groups excluding carboxylic acids is 2. The van der Waals surface area contributed by atoms with E-state index in [1.807, 2.05) is 6.92 Å². The Hall–Kier alpha value is -2.22. The zero-order chi connectivity index (χ0) is 17.3. The Morgan fingerprint density at radius 1 is 1.35 bits per heavy atom. The van der Waals surface area contributed by atoms with Gasteiger partial charge in [0.05, 0.1) is 7.11 Å². The fraction of sp³-hybridized carbons (Fsp3) is 0.467. The highest BCUT2D eigenvalue weighted by atomic mass is 32.1. The third kappa shape index (κ3) is 3.12. The molecule has 7 nitrogen and oxygen atoms in total. The number of aryl methyl sites for hydroxylation is 2. The Kier molecular flexibility index (Phi) is 4.84. The molecule has 1 atom stereocenters. The van der Waals surface area contributed by atoms with Crippen molar-refractivity contribution >= 4 is 28.2 Å². The summed E-state index contributed by atoms with van der Waals surface area (Å²) in [5.74, 6) is -1.36. The lowest BCUT2D eigenvalue weighted by atomic mass is 10.0. The Morgan fingerprint density at radius 2 is 2.00 bits per heavy atom. The molecule has 0 radical (unpaired) electrons. The van der Waals surface area contributed by atoms with Gasteiger partial charge in [-0.1, -0.05) is 13.8 Å². The Bertz CT molecular complexity index is 822. The van der Waals surface area contributed by atoms with Gasteiger partial charge in [-0.2, -0.15) is 0 Å². The van der Waals surface area contributed by atoms with Crippen LogP contribution in [0.2, 0.25) is 0 Å². The van der Waals surface area contributed by atoms with Crippen molar-refractivity contribution in [2.24, 2.45) is 5.92 Å². The van der Waals surface area contributed by atoms with Gasteiger partial charge in [-0.15, -0.1) is 11.3 Å². The van der Waals surface area contributed by atoms with Crippen LogP contribution in [0.4, 0.5) is 0 Å². The zero-order valence-electron chi connectivity index (χ0n) is 13.7. The molecule has 0 saturated heterocycles. The van der Waals surface area contributed by atoms with Gasteiger partial charge in [0, 0.05) is 16.8 Å². The van der Waals surface area contributed by atoms with Gasteiger partial charge in [0.2, 0.25) is 0 Å². The van der Waals surface area contributed by atoms with Gasteiger partial charge in [-0.25, -0.2) is 9.78 Å². The highest BCUT2D eigenvalue weighted by molar-refractivity contribution is 7.17. The van der Waals surface area contributed by atoms with Crippen molar-refractivity contribution in [2.45, 2.75) is 33.7 Å². The smallest absolute Gasteiger partial charge is 0.328 e. The van der Waals surface area contributed by atoms with Crippen LogP contribution in [0.25, 0.3) is 4.96 Å². The van der Waals surface area contributed by atoms with Gasteiger partial charge in [-0.05, 0) is 19.8 Å². The largest absolute Gasteiger partial charge is 0.467 e. The number of hydrogen-bond donors (Lipinski definition) is 1. The van der Waals surface area contributed by atoms with E-state index in [-0.39, 0.29) is 11.5 Å². The molecule has 2 aromatic rings. The van der Waals surface area contributed by atoms with Crippen LogP contribution in [-0.2, 0) is 9.53 Å². The van der Waals surface area contributed by atoms with Crippen LogP contribution in [0.3, 0.4) is 0 Å². The van der Waals surface area contributed by atoms with E-state index >= 15 is 0 Å². The normalized spacial score (nSPS) is 12.4. The first-order valence-corrected chi connectivity index (χ1v) is 7.96. The molecule has 0 unspecified atom stereocenters. The van der Waals surface area contributed by atoms with Gasteiger partial charge in [0.25, 0.3) is 11.5 Å². The molecule has 0 aliphatic rings. The van der Waals surface area contributed by atoms with Crippen LogP contribution in [0.5, 0.6) is 0 Å². The lowest BCUT2D eigenvalue weighted by Gasteiger charge is -2.19. The van der Waals surface area contributed by atoms with Crippen molar-refractivity contribution in [3.05, 3.63) is 32.7 Å². The van der Waals surface area contributed by atoms with Crippen molar-refractivity contribution in [3.63, 3.8) is 0 Å². The maximum atomic E-state index is 12.5. The predicted molar refractivity (Wildman–Crippen MR) is 86.9 cm³/mol. The van der Waals surface area contributed by atoms with Crippen LogP contribution in [0.15, 0.2) is 11.0 Å². The maximum absolute atomic E-state index is 12.5. The van der Waals surface area contributed by atoms with Crippen molar-refractivity contribution < 1.29 is 14.3 Å². The van der Waals surface area contributed by atoms with Crippen molar-refractivity contribution in [1.29, 1.82) is 0 Å². The van der Waals surface area contributed by atoms with E-state index in [0.717, 1.165) is 10.6 Å². The molecule has 0 fully saturated rings. The summed E-state index contributed by atoms with van der Waals surface area (Å²) < 4.78 is 6.10. The van der Waals surface area contributed by atoms with Crippen LogP contribution in [0, 0.1) is 19.8 Å². The molecular formula is C15H19N3O4S. The van der Waals surface area contributed by atoms with E-state index in [4.69, 9.17) is 0 Å². The van der Waals surface area contributed by atoms with Gasteiger partial charge >= 0.3 is 5.97 Å². The first-order chi connectivity index (χ1) is 10.8. The van der Waals surface area contributed by atoms with E-state index in [2.05, 4.69) is 15.0 Å². The highest BCUT2D eigenvalue weighted by Gasteiger charge is 2.27. The van der Waals surface area contributed by atoms with Gasteiger partial charge in [-0.3, -0.25) is 14.0 Å². The van der Waals surface area contributed by atoms with Crippen LogP contribution in [-0.4, -0.2) is 34.4 Å². The number of ether oxygens (including phenoxy) is 1. The van der Waals surface area contributed by atoms with Gasteiger partial charge < -0.3 is 10.1 Å². The summed E-state index contributed by atoms with van der Waals surface area (Å²) in [6.45, 7) is 7.25. The van der Waals surface area contributed by atoms with Crippen LogP contribution < -0.4 is 10.9 Å². The standard InChI is InChI=1S/C15H19N3O4S/c1-7(2)11(14(21)22-5)17-12(19)10-6-16-15-18(13(10)20)8(3)9(4)23-15/h6-7,11H,1-5H3,(H,17,19)/t11-/m0/s1. The topological polar surface area (TPSA) is 89.8 Å². The summed E-state index contributed by atoms with van der Waals surface area (Å²) in [6.07, 6.45) is 1.25. The molecule has 2 heterocycles. The lowest BCUT2D eigenvalue weighted by molar-refractivity contribution is -0.144. The van der Waals surface area contributed by atoms with Crippen LogP contribution in [0.1, 0.15) is 34.8 Å². The van der Waals surface area contributed by atoms with E-state index in [0.29, 0.717) is 4.96 Å². The number of aromatic nitrogens is 2. The molecule has 23 heavy (non-hydrogen) atoms. The number of methoxy groups -OCH3 is 1. The number of fused-ring (bicyclic) bond motifs is 1. The van der Waals surface area contributed by atoms with Gasteiger partial charge in [0.1, 0.15) is 11.6 Å². The van der Waals surface area contributed by atoms with E-state index in [9.17, 15) is 14.4 Å². The number of hydrogen-bond acceptors (Lipinski definition) is 6. The average Bonchev–Trinajstić information content (AvgIpc) is 2.79. The maximum Gasteiger partial charge on any atom is 0.328 e. The summed E-state index contributed by atoms with van der Waals surface area (Å²) in [7, 11) is 1.25. The number of esters is 1. The molecule has 0 aliphatic heterocycles. The molecule has 0 aliphatic carbocycles. The fourth-order valence-corrected chi connectivity index (χ4v) is 3.10. The number of carbonyl (C=O) groups is 2. The summed E-state index contributed by atoms with van der Waals surface area (Å²) in [5.41, 5.74) is 0.213. The lowest BCUT2D eigenvalue weighted by Crippen LogP contribution is -2.46. The first kappa shape index (κ1) is 17.1. The first-order valence-electron chi connectivity index (χ1n) is 7.14. The van der Waals surface area contributed by atoms with Crippen molar-refractivity contribution in [2.75, 3.05) is 7.11 Å². The molecule has 124 valence electrons. The van der Waals surface area contributed by atoms with Crippen LogP contribution >= 0.6 is 11.3 Å². The molecule has 1 amide bonds. The molecule has 2 rings (SSSR count). The Morgan fingerprint density at radius 3 is 2.57 bits per heavy atom.